The SMILES string of the molecule is [Cl-].[Cl-].[Cl-].[Cl-].[Cl-].[Cl-].[Ir].[Na+].[Na+]. The van der Waals surface area contributed by atoms with E-state index in [0.29, 0.717) is 0 Å². The largest absolute Gasteiger partial charge is 1.00 e. The van der Waals surface area contributed by atoms with E-state index < -0.39 is 0 Å². The predicted molar refractivity (Wildman–Crippen MR) is 0 cm³/mol. The van der Waals surface area contributed by atoms with Gasteiger partial charge < -0.3 is 74.4 Å². The third kappa shape index (κ3) is 69.4. The van der Waals surface area contributed by atoms with Crippen LogP contribution in [0.15, 0.2) is 0 Å². The van der Waals surface area contributed by atoms with Gasteiger partial charge in [0.05, 0.1) is 0 Å². The zero-order valence-electron chi connectivity index (χ0n) is 4.60. The monoisotopic (exact) mass is 449 g/mol. The van der Waals surface area contributed by atoms with Gasteiger partial charge in [-0.2, -0.15) is 0 Å². The Bertz CT molecular complexity index is 11.0. The van der Waals surface area contributed by atoms with Crippen molar-refractivity contribution in [3.05, 3.63) is 0 Å². The quantitative estimate of drug-likeness (QED) is 0.322. The Hall–Kier alpha value is 4.39. The average Bonchev–Trinajstić information content (AvgIpc) is 0. The molecule has 0 saturated carbocycles. The van der Waals surface area contributed by atoms with Crippen molar-refractivity contribution in [2.24, 2.45) is 0 Å². The van der Waals surface area contributed by atoms with Crippen molar-refractivity contribution in [2.45, 2.75) is 0 Å². The minimum Gasteiger partial charge on any atom is -1.00 e. The van der Waals surface area contributed by atoms with Crippen LogP contribution < -0.4 is 134 Å². The Kier molecular flexibility index (Phi) is 989. The molecule has 57 valence electrons. The third-order valence-corrected chi connectivity index (χ3v) is 0. The molecule has 0 aliphatic carbocycles. The van der Waals surface area contributed by atoms with Crippen LogP contribution in [0.5, 0.6) is 0 Å². The summed E-state index contributed by atoms with van der Waals surface area (Å²) in [6.07, 6.45) is 0. The van der Waals surface area contributed by atoms with Gasteiger partial charge in [0.1, 0.15) is 0 Å². The molecule has 1 radical (unpaired) electrons. The summed E-state index contributed by atoms with van der Waals surface area (Å²) in [6, 6.07) is 0. The molecular formula is Cl6IrNa2-4. The first-order valence-electron chi connectivity index (χ1n) is 0. The Morgan fingerprint density at radius 1 is 0.333 bits per heavy atom. The molecule has 0 unspecified atom stereocenters. The molecule has 0 N–H and O–H groups in total. The van der Waals surface area contributed by atoms with Crippen LogP contribution >= 0.6 is 0 Å². The molecule has 0 spiro atoms. The van der Waals surface area contributed by atoms with Crippen molar-refractivity contribution in [3.63, 3.8) is 0 Å². The molecule has 0 rings (SSSR count). The van der Waals surface area contributed by atoms with E-state index in [1.807, 2.05) is 0 Å². The van der Waals surface area contributed by atoms with E-state index in [0.717, 1.165) is 0 Å². The number of hydrogen-bond donors (Lipinski definition) is 0. The van der Waals surface area contributed by atoms with Crippen LogP contribution in [0.2, 0.25) is 0 Å². The van der Waals surface area contributed by atoms with E-state index in [2.05, 4.69) is 0 Å². The third-order valence-electron chi connectivity index (χ3n) is 0. The van der Waals surface area contributed by atoms with Gasteiger partial charge in [-0.15, -0.1) is 0 Å². The number of rotatable bonds is 0. The van der Waals surface area contributed by atoms with Gasteiger partial charge in [-0.1, -0.05) is 0 Å². The first kappa shape index (κ1) is 107. The summed E-state index contributed by atoms with van der Waals surface area (Å²) in [5.41, 5.74) is 0. The van der Waals surface area contributed by atoms with Crippen LogP contribution in [0.3, 0.4) is 0 Å². The second-order valence-electron chi connectivity index (χ2n) is 0. The van der Waals surface area contributed by atoms with Crippen molar-refractivity contribution in [3.8, 4) is 0 Å². The minimum absolute atomic E-state index is 0. The predicted octanol–water partition coefficient (Wildman–Crippen LogP) is -24.0. The maximum absolute atomic E-state index is 0. The van der Waals surface area contributed by atoms with Gasteiger partial charge in [0.15, 0.2) is 0 Å². The molecule has 0 atom stereocenters. The molecule has 0 aromatic carbocycles. The summed E-state index contributed by atoms with van der Waals surface area (Å²) < 4.78 is 0. The molecule has 0 aliphatic rings. The first-order chi connectivity index (χ1) is 0. The average molecular weight is 451 g/mol. The minimum atomic E-state index is 0. The van der Waals surface area contributed by atoms with Crippen LogP contribution in [0.1, 0.15) is 0 Å². The fourth-order valence-electron chi connectivity index (χ4n) is 0. The van der Waals surface area contributed by atoms with Crippen LogP contribution in [-0.2, 0) is 20.1 Å². The first-order valence-corrected chi connectivity index (χ1v) is 0. The van der Waals surface area contributed by atoms with Crippen molar-refractivity contribution in [2.75, 3.05) is 0 Å². The van der Waals surface area contributed by atoms with Gasteiger partial charge in [0, 0.05) is 20.1 Å². The van der Waals surface area contributed by atoms with Crippen LogP contribution in [0.25, 0.3) is 0 Å². The summed E-state index contributed by atoms with van der Waals surface area (Å²) in [5, 5.41) is 0. The molecule has 0 aromatic rings. The molecule has 0 aliphatic heterocycles. The molecule has 0 aromatic heterocycles. The van der Waals surface area contributed by atoms with Gasteiger partial charge in [-0.05, 0) is 0 Å². The summed E-state index contributed by atoms with van der Waals surface area (Å²) in [5.74, 6) is 0. The van der Waals surface area contributed by atoms with Gasteiger partial charge in [0.2, 0.25) is 0 Å². The summed E-state index contributed by atoms with van der Waals surface area (Å²) >= 11 is 0. The molecule has 0 fully saturated rings. The molecule has 9 heavy (non-hydrogen) atoms. The summed E-state index contributed by atoms with van der Waals surface area (Å²) in [6.45, 7) is 0. The second-order valence-corrected chi connectivity index (χ2v) is 0. The molecule has 0 nitrogen and oxygen atoms in total. The van der Waals surface area contributed by atoms with E-state index in [9.17, 15) is 0 Å². The number of hydrogen-bond acceptors (Lipinski definition) is 0. The summed E-state index contributed by atoms with van der Waals surface area (Å²) in [4.78, 5) is 0. The molecular weight excluding hydrogens is 451 g/mol. The van der Waals surface area contributed by atoms with Crippen molar-refractivity contribution < 1.29 is 154 Å². The second kappa shape index (κ2) is 83.4. The fourth-order valence-corrected chi connectivity index (χ4v) is 0. The van der Waals surface area contributed by atoms with Crippen LogP contribution in [-0.4, -0.2) is 0 Å². The standard InChI is InChI=1S/6ClH.Ir.2Na/h6*1H;;;/q;;;;;;;2*+1/p-6. The van der Waals surface area contributed by atoms with Gasteiger partial charge in [-0.3, -0.25) is 0 Å². The molecule has 0 amide bonds. The normalized spacial score (nSPS) is 0. The van der Waals surface area contributed by atoms with Gasteiger partial charge >= 0.3 is 59.1 Å². The topological polar surface area (TPSA) is 0 Å². The number of halogens is 6. The maximum Gasteiger partial charge on any atom is 1.00 e. The van der Waals surface area contributed by atoms with Gasteiger partial charge in [-0.25, -0.2) is 0 Å². The van der Waals surface area contributed by atoms with Crippen molar-refractivity contribution >= 4 is 0 Å². The molecule has 9 heteroatoms. The van der Waals surface area contributed by atoms with Crippen LogP contribution in [0, 0.1) is 0 Å². The van der Waals surface area contributed by atoms with E-state index in [4.69, 9.17) is 0 Å². The molecule has 0 heterocycles. The Balaban J connectivity index is 0. The Labute approximate surface area is 151 Å². The Morgan fingerprint density at radius 2 is 0.333 bits per heavy atom. The van der Waals surface area contributed by atoms with Crippen molar-refractivity contribution in [1.82, 2.24) is 0 Å². The van der Waals surface area contributed by atoms with Crippen molar-refractivity contribution in [1.29, 1.82) is 0 Å². The smallest absolute Gasteiger partial charge is 1.00 e. The van der Waals surface area contributed by atoms with Gasteiger partial charge in [0.25, 0.3) is 0 Å². The van der Waals surface area contributed by atoms with Crippen LogP contribution in [0.4, 0.5) is 0 Å². The zero-order valence-corrected chi connectivity index (χ0v) is 15.5. The van der Waals surface area contributed by atoms with E-state index >= 15 is 0 Å². The summed E-state index contributed by atoms with van der Waals surface area (Å²) in [7, 11) is 0. The molecule has 0 saturated heterocycles. The zero-order chi connectivity index (χ0) is 0. The van der Waals surface area contributed by atoms with E-state index in [1.165, 1.54) is 0 Å². The van der Waals surface area contributed by atoms with E-state index in [-0.39, 0.29) is 154 Å². The fraction of sp³-hybridized carbons (Fsp3) is 0. The maximum atomic E-state index is 0. The van der Waals surface area contributed by atoms with E-state index in [1.54, 1.807) is 0 Å². The Morgan fingerprint density at radius 3 is 0.333 bits per heavy atom. The molecule has 0 bridgehead atoms.